The summed E-state index contributed by atoms with van der Waals surface area (Å²) in [6, 6.07) is 25.5. The van der Waals surface area contributed by atoms with Crippen molar-refractivity contribution in [1.82, 2.24) is 0 Å². The fourth-order valence-corrected chi connectivity index (χ4v) is 6.49. The Morgan fingerprint density at radius 2 is 1.40 bits per heavy atom. The van der Waals surface area contributed by atoms with Crippen molar-refractivity contribution in [2.45, 2.75) is 75.1 Å². The summed E-state index contributed by atoms with van der Waals surface area (Å²) in [4.78, 5) is 0. The standard InChI is InChI=1S/C35H45NO8Si/c1-32(2,3)45-44-35(24-14-10-8-11-15-24,25-16-12-9-13-17-25)31-30(42-33(4,38-6)34(5,39-7)43-31)27(37)23-36-26-18-19-28-29(22-26)41-21-20-40-28/h8-19,22,27,30-31,36-37H,20-21,23H2,1-7H3/t27?,30-,31-,33+,34+/m1/s1. The van der Waals surface area contributed by atoms with Crippen LogP contribution in [0.1, 0.15) is 45.7 Å². The van der Waals surface area contributed by atoms with Gasteiger partial charge in [-0.1, -0.05) is 81.4 Å². The van der Waals surface area contributed by atoms with Crippen LogP contribution in [0, 0.1) is 0 Å². The Kier molecular flexibility index (Phi) is 9.95. The van der Waals surface area contributed by atoms with Gasteiger partial charge < -0.3 is 43.3 Å². The van der Waals surface area contributed by atoms with Gasteiger partial charge in [-0.15, -0.1) is 0 Å². The molecular formula is C35H45NO8Si. The molecule has 0 aliphatic carbocycles. The van der Waals surface area contributed by atoms with Gasteiger partial charge in [0, 0.05) is 32.5 Å². The fraction of sp³-hybridized carbons (Fsp3) is 0.486. The number of anilines is 1. The second kappa shape index (κ2) is 13.4. The number of ether oxygens (including phenoxy) is 6. The van der Waals surface area contributed by atoms with Gasteiger partial charge in [0.2, 0.25) is 21.3 Å². The lowest BCUT2D eigenvalue weighted by atomic mass is 9.77. The van der Waals surface area contributed by atoms with Gasteiger partial charge in [0.25, 0.3) is 0 Å². The molecule has 1 saturated heterocycles. The summed E-state index contributed by atoms with van der Waals surface area (Å²) in [7, 11) is 3.17. The third-order valence-electron chi connectivity index (χ3n) is 8.38. The number of nitrogens with one attached hydrogen (secondary N) is 1. The Bertz CT molecular complexity index is 1360. The van der Waals surface area contributed by atoms with Gasteiger partial charge >= 0.3 is 0 Å². The van der Waals surface area contributed by atoms with E-state index in [1.165, 1.54) is 7.11 Å². The van der Waals surface area contributed by atoms with Crippen molar-refractivity contribution in [3.05, 3.63) is 90.0 Å². The van der Waals surface area contributed by atoms with E-state index in [9.17, 15) is 5.11 Å². The van der Waals surface area contributed by atoms with Crippen LogP contribution >= 0.6 is 0 Å². The van der Waals surface area contributed by atoms with Crippen molar-refractivity contribution in [3.8, 4) is 11.5 Å². The monoisotopic (exact) mass is 635 g/mol. The molecule has 2 radical (unpaired) electrons. The van der Waals surface area contributed by atoms with E-state index >= 15 is 0 Å². The third-order valence-corrected chi connectivity index (χ3v) is 9.41. The van der Waals surface area contributed by atoms with Gasteiger partial charge in [0.15, 0.2) is 11.5 Å². The second-order valence-corrected chi connectivity index (χ2v) is 14.6. The van der Waals surface area contributed by atoms with Gasteiger partial charge in [-0.2, -0.15) is 0 Å². The average Bonchev–Trinajstić information content (AvgIpc) is 3.05. The molecule has 45 heavy (non-hydrogen) atoms. The molecule has 0 amide bonds. The van der Waals surface area contributed by atoms with Crippen LogP contribution in [0.5, 0.6) is 11.5 Å². The van der Waals surface area contributed by atoms with Gasteiger partial charge in [-0.25, -0.2) is 0 Å². The van der Waals surface area contributed by atoms with E-state index in [-0.39, 0.29) is 21.3 Å². The predicted octanol–water partition coefficient (Wildman–Crippen LogP) is 5.54. The smallest absolute Gasteiger partial charge is 0.237 e. The Morgan fingerprint density at radius 3 is 1.96 bits per heavy atom. The number of rotatable bonds is 11. The molecule has 2 heterocycles. The van der Waals surface area contributed by atoms with Crippen LogP contribution in [0.15, 0.2) is 78.9 Å². The molecular weight excluding hydrogens is 590 g/mol. The first-order valence-corrected chi connectivity index (χ1v) is 16.2. The number of aliphatic hydroxyl groups excluding tert-OH is 1. The van der Waals surface area contributed by atoms with Crippen LogP contribution in [0.25, 0.3) is 0 Å². The second-order valence-electron chi connectivity index (χ2n) is 12.6. The summed E-state index contributed by atoms with van der Waals surface area (Å²) in [5.41, 5.74) is 1.29. The van der Waals surface area contributed by atoms with Crippen LogP contribution < -0.4 is 14.8 Å². The maximum Gasteiger partial charge on any atom is 0.237 e. The highest BCUT2D eigenvalue weighted by Gasteiger charge is 2.63. The zero-order valence-electron chi connectivity index (χ0n) is 27.2. The van der Waals surface area contributed by atoms with Crippen LogP contribution in [-0.2, 0) is 29.0 Å². The molecule has 5 rings (SSSR count). The van der Waals surface area contributed by atoms with Gasteiger partial charge in [-0.3, -0.25) is 0 Å². The lowest BCUT2D eigenvalue weighted by Gasteiger charge is -2.57. The molecule has 1 fully saturated rings. The van der Waals surface area contributed by atoms with Gasteiger partial charge in [0.1, 0.15) is 37.1 Å². The van der Waals surface area contributed by atoms with E-state index in [1.807, 2.05) is 78.9 Å². The zero-order chi connectivity index (χ0) is 32.3. The minimum Gasteiger partial charge on any atom is -0.486 e. The fourth-order valence-electron chi connectivity index (χ4n) is 5.67. The van der Waals surface area contributed by atoms with Crippen LogP contribution in [0.2, 0.25) is 5.04 Å². The zero-order valence-corrected chi connectivity index (χ0v) is 28.2. The van der Waals surface area contributed by atoms with Crippen molar-refractivity contribution in [2.24, 2.45) is 0 Å². The number of hydrogen-bond donors (Lipinski definition) is 2. The number of fused-ring (bicyclic) bond motifs is 1. The molecule has 2 N–H and O–H groups in total. The molecule has 0 aromatic heterocycles. The van der Waals surface area contributed by atoms with Gasteiger partial charge in [0.05, 0.1) is 0 Å². The number of benzene rings is 3. The number of methoxy groups -OCH3 is 2. The first-order valence-electron chi connectivity index (χ1n) is 15.3. The van der Waals surface area contributed by atoms with E-state index < -0.39 is 35.5 Å². The molecule has 9 nitrogen and oxygen atoms in total. The molecule has 0 saturated carbocycles. The number of aliphatic hydroxyl groups is 1. The van der Waals surface area contributed by atoms with Crippen LogP contribution in [0.3, 0.4) is 0 Å². The summed E-state index contributed by atoms with van der Waals surface area (Å²) in [6.07, 6.45) is -2.90. The van der Waals surface area contributed by atoms with E-state index in [0.717, 1.165) is 16.8 Å². The van der Waals surface area contributed by atoms with Crippen molar-refractivity contribution in [3.63, 3.8) is 0 Å². The molecule has 0 bridgehead atoms. The maximum absolute atomic E-state index is 12.0. The molecule has 5 atom stereocenters. The largest absolute Gasteiger partial charge is 0.486 e. The average molecular weight is 636 g/mol. The van der Waals surface area contributed by atoms with Crippen LogP contribution in [-0.4, -0.2) is 78.7 Å². The third kappa shape index (κ3) is 6.78. The first-order chi connectivity index (χ1) is 21.4. The highest BCUT2D eigenvalue weighted by atomic mass is 28.2. The van der Waals surface area contributed by atoms with E-state index in [2.05, 4.69) is 26.1 Å². The molecule has 10 heteroatoms. The minimum absolute atomic E-state index is 0.0708. The van der Waals surface area contributed by atoms with Crippen molar-refractivity contribution in [1.29, 1.82) is 0 Å². The highest BCUT2D eigenvalue weighted by molar-refractivity contribution is 6.32. The topological polar surface area (TPSA) is 96.9 Å². The SMILES string of the molecule is CO[C@@]1(C)O[C@H](C(O)CNc2ccc3c(c2)OCCO3)[C@H](C(O[Si]C(C)(C)C)(c2ccccc2)c2ccccc2)O[C@]1(C)OC. The Labute approximate surface area is 269 Å². The maximum atomic E-state index is 12.0. The number of hydrogen-bond acceptors (Lipinski definition) is 9. The lowest BCUT2D eigenvalue weighted by Crippen LogP contribution is -2.71. The summed E-state index contributed by atoms with van der Waals surface area (Å²) in [6.45, 7) is 11.1. The van der Waals surface area contributed by atoms with Crippen LogP contribution in [0.4, 0.5) is 5.69 Å². The summed E-state index contributed by atoms with van der Waals surface area (Å²) >= 11 is 0. The van der Waals surface area contributed by atoms with Crippen molar-refractivity contribution in [2.75, 3.05) is 39.3 Å². The quantitative estimate of drug-likeness (QED) is 0.264. The summed E-state index contributed by atoms with van der Waals surface area (Å²) in [5, 5.41) is 15.2. The molecule has 3 aromatic carbocycles. The molecule has 242 valence electrons. The normalized spacial score (nSPS) is 25.9. The van der Waals surface area contributed by atoms with Gasteiger partial charge in [-0.05, 0) is 42.1 Å². The van der Waals surface area contributed by atoms with E-state index in [4.69, 9.17) is 32.8 Å². The Morgan fingerprint density at radius 1 is 0.844 bits per heavy atom. The highest BCUT2D eigenvalue weighted by Crippen LogP contribution is 2.50. The minimum atomic E-state index is -1.37. The molecule has 2 aliphatic heterocycles. The van der Waals surface area contributed by atoms with E-state index in [0.29, 0.717) is 24.7 Å². The van der Waals surface area contributed by atoms with E-state index in [1.54, 1.807) is 21.0 Å². The Hall–Kier alpha value is -2.96. The predicted molar refractivity (Wildman–Crippen MR) is 173 cm³/mol. The summed E-state index contributed by atoms with van der Waals surface area (Å²) < 4.78 is 44.2. The molecule has 2 aliphatic rings. The molecule has 3 aromatic rings. The first kappa shape index (κ1) is 33.4. The molecule has 1 unspecified atom stereocenters. The van der Waals surface area contributed by atoms with Crippen molar-refractivity contribution >= 4 is 15.5 Å². The molecule has 0 spiro atoms. The lowest BCUT2D eigenvalue weighted by molar-refractivity contribution is -0.463. The Balaban J connectivity index is 1.61. The van der Waals surface area contributed by atoms with Crippen molar-refractivity contribution < 1.29 is 38.0 Å². The summed E-state index contributed by atoms with van der Waals surface area (Å²) in [5.74, 6) is -1.39.